The summed E-state index contributed by atoms with van der Waals surface area (Å²) in [4.78, 5) is 9.54. The number of nitrogens with zero attached hydrogens (tertiary/aromatic N) is 3. The summed E-state index contributed by atoms with van der Waals surface area (Å²) in [5.74, 6) is 1.74. The van der Waals surface area contributed by atoms with Crippen LogP contribution in [0.2, 0.25) is 0 Å². The average molecular weight is 421 g/mol. The number of imidazole rings is 1. The van der Waals surface area contributed by atoms with Crippen LogP contribution in [0.3, 0.4) is 0 Å². The maximum absolute atomic E-state index is 10.0. The second kappa shape index (κ2) is 8.85. The van der Waals surface area contributed by atoms with E-state index in [0.29, 0.717) is 18.1 Å². The van der Waals surface area contributed by atoms with Crippen LogP contribution in [0, 0.1) is 0 Å². The van der Waals surface area contributed by atoms with Gasteiger partial charge in [-0.3, -0.25) is 0 Å². The largest absolute Gasteiger partial charge is 0.393 e. The SMILES string of the molecule is NC1CCC(Nc2cc3c(cn2)nc(Nc2ccccc2)n3C2CCC(O)CC2)CC1. The second-order valence-corrected chi connectivity index (χ2v) is 9.07. The molecule has 5 rings (SSSR count). The molecular weight excluding hydrogens is 388 g/mol. The van der Waals surface area contributed by atoms with E-state index < -0.39 is 0 Å². The fraction of sp³-hybridized carbons (Fsp3) is 0.500. The van der Waals surface area contributed by atoms with E-state index in [2.05, 4.69) is 26.3 Å². The zero-order valence-corrected chi connectivity index (χ0v) is 17.9. The summed E-state index contributed by atoms with van der Waals surface area (Å²) in [5, 5.41) is 17.1. The Hall–Kier alpha value is -2.64. The van der Waals surface area contributed by atoms with Crippen LogP contribution in [0.1, 0.15) is 57.4 Å². The van der Waals surface area contributed by atoms with E-state index >= 15 is 0 Å². The summed E-state index contributed by atoms with van der Waals surface area (Å²) < 4.78 is 2.32. The van der Waals surface area contributed by atoms with Gasteiger partial charge in [0.2, 0.25) is 5.95 Å². The van der Waals surface area contributed by atoms with E-state index in [9.17, 15) is 5.11 Å². The molecule has 31 heavy (non-hydrogen) atoms. The van der Waals surface area contributed by atoms with Crippen molar-refractivity contribution >= 4 is 28.5 Å². The molecule has 2 aliphatic rings. The summed E-state index contributed by atoms with van der Waals surface area (Å²) in [7, 11) is 0. The number of hydrogen-bond donors (Lipinski definition) is 4. The van der Waals surface area contributed by atoms with Crippen LogP contribution in [0.5, 0.6) is 0 Å². The predicted octanol–water partition coefficient (Wildman–Crippen LogP) is 4.33. The summed E-state index contributed by atoms with van der Waals surface area (Å²) in [5.41, 5.74) is 9.05. The van der Waals surface area contributed by atoms with Crippen molar-refractivity contribution in [2.75, 3.05) is 10.6 Å². The van der Waals surface area contributed by atoms with Gasteiger partial charge in [0.15, 0.2) is 0 Å². The van der Waals surface area contributed by atoms with E-state index in [1.54, 1.807) is 0 Å². The summed E-state index contributed by atoms with van der Waals surface area (Å²) in [6.07, 6.45) is 9.53. The molecule has 2 saturated carbocycles. The van der Waals surface area contributed by atoms with Crippen molar-refractivity contribution in [3.05, 3.63) is 42.6 Å². The Morgan fingerprint density at radius 3 is 2.45 bits per heavy atom. The highest BCUT2D eigenvalue weighted by molar-refractivity contribution is 5.81. The molecule has 7 nitrogen and oxygen atoms in total. The third kappa shape index (κ3) is 4.52. The first-order valence-corrected chi connectivity index (χ1v) is 11.6. The summed E-state index contributed by atoms with van der Waals surface area (Å²) in [6.45, 7) is 0. The smallest absolute Gasteiger partial charge is 0.208 e. The van der Waals surface area contributed by atoms with E-state index in [1.807, 2.05) is 36.5 Å². The number of anilines is 3. The van der Waals surface area contributed by atoms with E-state index in [4.69, 9.17) is 10.7 Å². The lowest BCUT2D eigenvalue weighted by molar-refractivity contribution is 0.112. The van der Waals surface area contributed by atoms with Crippen LogP contribution < -0.4 is 16.4 Å². The number of nitrogens with two attached hydrogens (primary N) is 1. The lowest BCUT2D eigenvalue weighted by Gasteiger charge is -2.29. The van der Waals surface area contributed by atoms with Gasteiger partial charge in [0.25, 0.3) is 0 Å². The maximum atomic E-state index is 10.0. The minimum absolute atomic E-state index is 0.187. The van der Waals surface area contributed by atoms with Crippen molar-refractivity contribution < 1.29 is 5.11 Å². The molecule has 5 N–H and O–H groups in total. The van der Waals surface area contributed by atoms with Crippen LogP contribution in [0.25, 0.3) is 11.0 Å². The molecule has 0 saturated heterocycles. The molecular formula is C24H32N6O. The third-order valence-corrected chi connectivity index (χ3v) is 6.76. The average Bonchev–Trinajstić information content (AvgIpc) is 3.14. The van der Waals surface area contributed by atoms with Gasteiger partial charge in [0.1, 0.15) is 11.3 Å². The Morgan fingerprint density at radius 2 is 1.71 bits per heavy atom. The van der Waals surface area contributed by atoms with Gasteiger partial charge in [-0.15, -0.1) is 0 Å². The molecule has 3 aromatic rings. The van der Waals surface area contributed by atoms with Gasteiger partial charge in [0.05, 0.1) is 17.8 Å². The molecule has 0 spiro atoms. The first kappa shape index (κ1) is 20.3. The number of nitrogens with one attached hydrogen (secondary N) is 2. The fourth-order valence-electron chi connectivity index (χ4n) is 4.98. The maximum Gasteiger partial charge on any atom is 0.208 e. The van der Waals surface area contributed by atoms with Gasteiger partial charge < -0.3 is 26.0 Å². The van der Waals surface area contributed by atoms with Crippen molar-refractivity contribution in [3.63, 3.8) is 0 Å². The van der Waals surface area contributed by atoms with Crippen molar-refractivity contribution in [3.8, 4) is 0 Å². The molecule has 0 amide bonds. The third-order valence-electron chi connectivity index (χ3n) is 6.76. The highest BCUT2D eigenvalue weighted by atomic mass is 16.3. The van der Waals surface area contributed by atoms with Crippen LogP contribution in [-0.2, 0) is 0 Å². The molecule has 0 unspecified atom stereocenters. The standard InChI is InChI=1S/C24H32N6O/c25-16-6-8-18(9-7-16)27-23-14-22-21(15-26-23)29-24(28-17-4-2-1-3-5-17)30(22)19-10-12-20(31)13-11-19/h1-5,14-16,18-20,31H,6-13,25H2,(H,26,27)(H,28,29). The molecule has 0 aliphatic heterocycles. The molecule has 164 valence electrons. The van der Waals surface area contributed by atoms with Crippen molar-refractivity contribution in [1.29, 1.82) is 0 Å². The minimum Gasteiger partial charge on any atom is -0.393 e. The number of para-hydroxylation sites is 1. The second-order valence-electron chi connectivity index (χ2n) is 9.07. The number of aliphatic hydroxyl groups excluding tert-OH is 1. The number of fused-ring (bicyclic) bond motifs is 1. The molecule has 0 atom stereocenters. The number of pyridine rings is 1. The molecule has 2 aromatic heterocycles. The van der Waals surface area contributed by atoms with E-state index in [1.165, 1.54) is 0 Å². The Balaban J connectivity index is 1.47. The molecule has 1 aromatic carbocycles. The Labute approximate surface area is 183 Å². The van der Waals surface area contributed by atoms with E-state index in [0.717, 1.165) is 79.9 Å². The number of hydrogen-bond acceptors (Lipinski definition) is 6. The number of aromatic nitrogens is 3. The predicted molar refractivity (Wildman–Crippen MR) is 125 cm³/mol. The summed E-state index contributed by atoms with van der Waals surface area (Å²) >= 11 is 0. The first-order valence-electron chi connectivity index (χ1n) is 11.6. The quantitative estimate of drug-likeness (QED) is 0.490. The topological polar surface area (TPSA) is 101 Å². The summed E-state index contributed by atoms with van der Waals surface area (Å²) in [6, 6.07) is 13.4. The van der Waals surface area contributed by atoms with Gasteiger partial charge in [0, 0.05) is 29.9 Å². The minimum atomic E-state index is -0.187. The van der Waals surface area contributed by atoms with Crippen molar-refractivity contribution in [2.45, 2.75) is 75.6 Å². The lowest BCUT2D eigenvalue weighted by atomic mass is 9.92. The molecule has 7 heteroatoms. The zero-order valence-electron chi connectivity index (χ0n) is 17.9. The molecule has 2 aliphatic carbocycles. The zero-order chi connectivity index (χ0) is 21.2. The monoisotopic (exact) mass is 420 g/mol. The number of rotatable bonds is 5. The fourth-order valence-corrected chi connectivity index (χ4v) is 4.98. The molecule has 0 bridgehead atoms. The number of aliphatic hydroxyl groups is 1. The Bertz CT molecular complexity index is 1000. The van der Waals surface area contributed by atoms with Crippen LogP contribution >= 0.6 is 0 Å². The molecule has 2 heterocycles. The molecule has 0 radical (unpaired) electrons. The van der Waals surface area contributed by atoms with Crippen LogP contribution in [0.15, 0.2) is 42.6 Å². The highest BCUT2D eigenvalue weighted by Crippen LogP contribution is 2.36. The number of benzene rings is 1. The van der Waals surface area contributed by atoms with Gasteiger partial charge in [-0.25, -0.2) is 9.97 Å². The van der Waals surface area contributed by atoms with Crippen LogP contribution in [-0.4, -0.2) is 37.8 Å². The van der Waals surface area contributed by atoms with E-state index in [-0.39, 0.29) is 6.10 Å². The molecule has 2 fully saturated rings. The Kier molecular flexibility index (Phi) is 5.78. The Morgan fingerprint density at radius 1 is 0.968 bits per heavy atom. The van der Waals surface area contributed by atoms with Crippen molar-refractivity contribution in [1.82, 2.24) is 14.5 Å². The van der Waals surface area contributed by atoms with Gasteiger partial charge in [-0.2, -0.15) is 0 Å². The van der Waals surface area contributed by atoms with Gasteiger partial charge in [-0.1, -0.05) is 18.2 Å². The lowest BCUT2D eigenvalue weighted by Crippen LogP contribution is -2.33. The highest BCUT2D eigenvalue weighted by Gasteiger charge is 2.26. The van der Waals surface area contributed by atoms with Gasteiger partial charge >= 0.3 is 0 Å². The van der Waals surface area contributed by atoms with Gasteiger partial charge in [-0.05, 0) is 63.5 Å². The van der Waals surface area contributed by atoms with Crippen LogP contribution in [0.4, 0.5) is 17.5 Å². The first-order chi connectivity index (χ1) is 15.2. The van der Waals surface area contributed by atoms with Crippen molar-refractivity contribution in [2.24, 2.45) is 5.73 Å². The normalized spacial score (nSPS) is 26.6.